The molecule has 2 aromatic rings. The van der Waals surface area contributed by atoms with E-state index in [1.165, 1.54) is 11.1 Å². The lowest BCUT2D eigenvalue weighted by Crippen LogP contribution is -2.08. The first-order valence-electron chi connectivity index (χ1n) is 7.59. The molecule has 3 heteroatoms. The number of benzene rings is 2. The molecule has 2 rings (SSSR count). The van der Waals surface area contributed by atoms with E-state index < -0.39 is 5.97 Å². The van der Waals surface area contributed by atoms with Crippen LogP contribution in [0.4, 0.5) is 0 Å². The number of hydrogen-bond donors (Lipinski definition) is 1. The molecule has 2 aromatic carbocycles. The van der Waals surface area contributed by atoms with Gasteiger partial charge in [-0.1, -0.05) is 61.5 Å². The third-order valence-corrected chi connectivity index (χ3v) is 3.58. The molecule has 0 aromatic heterocycles. The number of aliphatic carboxylic acids is 1. The first-order valence-corrected chi connectivity index (χ1v) is 7.59. The topological polar surface area (TPSA) is 46.5 Å². The predicted octanol–water partition coefficient (Wildman–Crippen LogP) is 4.37. The highest BCUT2D eigenvalue weighted by Gasteiger charge is 2.06. The van der Waals surface area contributed by atoms with Crippen LogP contribution in [0.25, 0.3) is 11.1 Å². The van der Waals surface area contributed by atoms with Crippen molar-refractivity contribution in [2.24, 2.45) is 5.92 Å². The van der Waals surface area contributed by atoms with Gasteiger partial charge in [-0.25, -0.2) is 0 Å². The third kappa shape index (κ3) is 5.34. The molecule has 0 saturated carbocycles. The van der Waals surface area contributed by atoms with E-state index in [0.29, 0.717) is 19.6 Å². The SMILES string of the molecule is CC(CCC(=O)O)COCc1ccc(-c2ccccc2)cc1. The van der Waals surface area contributed by atoms with Crippen molar-refractivity contribution in [3.63, 3.8) is 0 Å². The molecule has 3 nitrogen and oxygen atoms in total. The van der Waals surface area contributed by atoms with Gasteiger partial charge >= 0.3 is 5.97 Å². The Kier molecular flexibility index (Phi) is 6.16. The van der Waals surface area contributed by atoms with Crippen LogP contribution in [0.3, 0.4) is 0 Å². The summed E-state index contributed by atoms with van der Waals surface area (Å²) in [5.74, 6) is -0.483. The Labute approximate surface area is 131 Å². The first-order chi connectivity index (χ1) is 10.6. The molecule has 1 unspecified atom stereocenters. The van der Waals surface area contributed by atoms with Crippen molar-refractivity contribution in [3.8, 4) is 11.1 Å². The molecule has 22 heavy (non-hydrogen) atoms. The second kappa shape index (κ2) is 8.35. The van der Waals surface area contributed by atoms with Gasteiger partial charge in [-0.2, -0.15) is 0 Å². The molecule has 0 bridgehead atoms. The molecular weight excluding hydrogens is 276 g/mol. The maximum absolute atomic E-state index is 10.5. The van der Waals surface area contributed by atoms with Crippen LogP contribution in [-0.2, 0) is 16.1 Å². The van der Waals surface area contributed by atoms with Crippen LogP contribution in [-0.4, -0.2) is 17.7 Å². The average molecular weight is 298 g/mol. The van der Waals surface area contributed by atoms with E-state index in [2.05, 4.69) is 36.4 Å². The number of carboxylic acid groups (broad SMARTS) is 1. The van der Waals surface area contributed by atoms with Gasteiger partial charge in [0.1, 0.15) is 0 Å². The Morgan fingerprint density at radius 2 is 1.68 bits per heavy atom. The van der Waals surface area contributed by atoms with Crippen LogP contribution in [0.1, 0.15) is 25.3 Å². The van der Waals surface area contributed by atoms with Crippen molar-refractivity contribution >= 4 is 5.97 Å². The van der Waals surface area contributed by atoms with Crippen molar-refractivity contribution in [2.45, 2.75) is 26.4 Å². The molecule has 0 amide bonds. The Bertz CT molecular complexity index is 575. The van der Waals surface area contributed by atoms with Crippen molar-refractivity contribution < 1.29 is 14.6 Å². The molecule has 0 aliphatic carbocycles. The van der Waals surface area contributed by atoms with Crippen LogP contribution in [0, 0.1) is 5.92 Å². The second-order valence-electron chi connectivity index (χ2n) is 5.62. The largest absolute Gasteiger partial charge is 0.481 e. The summed E-state index contributed by atoms with van der Waals surface area (Å²) in [4.78, 5) is 10.5. The van der Waals surface area contributed by atoms with Crippen molar-refractivity contribution in [1.82, 2.24) is 0 Å². The lowest BCUT2D eigenvalue weighted by Gasteiger charge is -2.11. The molecule has 1 atom stereocenters. The summed E-state index contributed by atoms with van der Waals surface area (Å²) < 4.78 is 5.67. The van der Waals surface area contributed by atoms with E-state index in [4.69, 9.17) is 9.84 Å². The van der Waals surface area contributed by atoms with Gasteiger partial charge in [0.15, 0.2) is 0 Å². The molecule has 0 radical (unpaired) electrons. The number of hydrogen-bond acceptors (Lipinski definition) is 2. The number of ether oxygens (including phenoxy) is 1. The average Bonchev–Trinajstić information content (AvgIpc) is 2.54. The third-order valence-electron chi connectivity index (χ3n) is 3.58. The smallest absolute Gasteiger partial charge is 0.303 e. The van der Waals surface area contributed by atoms with E-state index in [1.54, 1.807) is 0 Å². The number of carboxylic acids is 1. The molecule has 1 N–H and O–H groups in total. The van der Waals surface area contributed by atoms with Crippen LogP contribution in [0.15, 0.2) is 54.6 Å². The fourth-order valence-corrected chi connectivity index (χ4v) is 2.26. The molecule has 0 fully saturated rings. The maximum atomic E-state index is 10.5. The predicted molar refractivity (Wildman–Crippen MR) is 87.6 cm³/mol. The summed E-state index contributed by atoms with van der Waals surface area (Å²) in [5, 5.41) is 8.64. The Morgan fingerprint density at radius 1 is 1.05 bits per heavy atom. The zero-order valence-corrected chi connectivity index (χ0v) is 12.9. The van der Waals surface area contributed by atoms with Gasteiger partial charge in [-0.3, -0.25) is 4.79 Å². The monoisotopic (exact) mass is 298 g/mol. The minimum absolute atomic E-state index is 0.205. The van der Waals surface area contributed by atoms with Gasteiger partial charge in [0.25, 0.3) is 0 Å². The Balaban J connectivity index is 1.78. The highest BCUT2D eigenvalue weighted by Crippen LogP contribution is 2.19. The van der Waals surface area contributed by atoms with E-state index in [9.17, 15) is 4.79 Å². The minimum atomic E-state index is -0.747. The number of carbonyl (C=O) groups is 1. The first kappa shape index (κ1) is 16.2. The summed E-state index contributed by atoms with van der Waals surface area (Å²) in [6.45, 7) is 3.17. The van der Waals surface area contributed by atoms with E-state index in [1.807, 2.05) is 25.1 Å². The normalized spacial score (nSPS) is 12.0. The zero-order chi connectivity index (χ0) is 15.8. The van der Waals surface area contributed by atoms with E-state index >= 15 is 0 Å². The van der Waals surface area contributed by atoms with Gasteiger partial charge < -0.3 is 9.84 Å². The molecule has 0 heterocycles. The van der Waals surface area contributed by atoms with E-state index in [-0.39, 0.29) is 12.3 Å². The van der Waals surface area contributed by atoms with Crippen LogP contribution >= 0.6 is 0 Å². The van der Waals surface area contributed by atoms with Crippen LogP contribution < -0.4 is 0 Å². The van der Waals surface area contributed by atoms with E-state index in [0.717, 1.165) is 5.56 Å². The lowest BCUT2D eigenvalue weighted by atomic mass is 10.0. The Hall–Kier alpha value is -2.13. The minimum Gasteiger partial charge on any atom is -0.481 e. The quantitative estimate of drug-likeness (QED) is 0.787. The fourth-order valence-electron chi connectivity index (χ4n) is 2.26. The molecule has 0 saturated heterocycles. The van der Waals surface area contributed by atoms with Crippen LogP contribution in [0.5, 0.6) is 0 Å². The standard InChI is InChI=1S/C19H22O3/c1-15(7-12-19(20)21)13-22-14-16-8-10-18(11-9-16)17-5-3-2-4-6-17/h2-6,8-11,15H,7,12-14H2,1H3,(H,20,21). The highest BCUT2D eigenvalue weighted by atomic mass is 16.5. The summed E-state index contributed by atoms with van der Waals surface area (Å²) in [6, 6.07) is 18.6. The summed E-state index contributed by atoms with van der Waals surface area (Å²) in [5.41, 5.74) is 3.53. The van der Waals surface area contributed by atoms with Gasteiger partial charge in [0, 0.05) is 13.0 Å². The second-order valence-corrected chi connectivity index (χ2v) is 5.62. The van der Waals surface area contributed by atoms with Gasteiger partial charge in [-0.15, -0.1) is 0 Å². The van der Waals surface area contributed by atoms with Crippen molar-refractivity contribution in [3.05, 3.63) is 60.2 Å². The van der Waals surface area contributed by atoms with Crippen molar-refractivity contribution in [2.75, 3.05) is 6.61 Å². The molecule has 0 aliphatic heterocycles. The summed E-state index contributed by atoms with van der Waals surface area (Å²) in [6.07, 6.45) is 0.860. The summed E-state index contributed by atoms with van der Waals surface area (Å²) >= 11 is 0. The van der Waals surface area contributed by atoms with Crippen molar-refractivity contribution in [1.29, 1.82) is 0 Å². The van der Waals surface area contributed by atoms with Gasteiger partial charge in [-0.05, 0) is 29.0 Å². The highest BCUT2D eigenvalue weighted by molar-refractivity contribution is 5.66. The summed E-state index contributed by atoms with van der Waals surface area (Å²) in [7, 11) is 0. The fraction of sp³-hybridized carbons (Fsp3) is 0.316. The van der Waals surface area contributed by atoms with Crippen LogP contribution in [0.2, 0.25) is 0 Å². The lowest BCUT2D eigenvalue weighted by molar-refractivity contribution is -0.137. The molecule has 116 valence electrons. The maximum Gasteiger partial charge on any atom is 0.303 e. The molecule has 0 aliphatic rings. The molecule has 0 spiro atoms. The molecular formula is C19H22O3. The van der Waals surface area contributed by atoms with Gasteiger partial charge in [0.2, 0.25) is 0 Å². The number of rotatable bonds is 8. The van der Waals surface area contributed by atoms with Gasteiger partial charge in [0.05, 0.1) is 6.61 Å². The Morgan fingerprint density at radius 3 is 2.32 bits per heavy atom. The zero-order valence-electron chi connectivity index (χ0n) is 12.9.